The van der Waals surface area contributed by atoms with Crippen LogP contribution in [0, 0.1) is 5.92 Å². The molecule has 0 saturated carbocycles. The first-order valence-corrected chi connectivity index (χ1v) is 6.46. The monoisotopic (exact) mass is 254 g/mol. The van der Waals surface area contributed by atoms with E-state index >= 15 is 0 Å². The van der Waals surface area contributed by atoms with E-state index in [4.69, 9.17) is 0 Å². The molecule has 0 radical (unpaired) electrons. The molecule has 0 spiro atoms. The Kier molecular flexibility index (Phi) is 4.29. The molecule has 0 aliphatic carbocycles. The minimum absolute atomic E-state index is 0.0495. The van der Waals surface area contributed by atoms with Gasteiger partial charge in [-0.2, -0.15) is 5.10 Å². The van der Waals surface area contributed by atoms with Crippen molar-refractivity contribution in [2.75, 3.05) is 0 Å². The lowest BCUT2D eigenvalue weighted by atomic mass is 10.1. The molecular formula is C16H18N2O. The van der Waals surface area contributed by atoms with Crippen LogP contribution in [0.5, 0.6) is 0 Å². The highest BCUT2D eigenvalue weighted by atomic mass is 16.2. The van der Waals surface area contributed by atoms with Crippen LogP contribution in [0.2, 0.25) is 0 Å². The molecule has 0 atom stereocenters. The summed E-state index contributed by atoms with van der Waals surface area (Å²) in [6, 6.07) is 14.1. The Hall–Kier alpha value is -2.16. The van der Waals surface area contributed by atoms with Crippen LogP contribution in [0.3, 0.4) is 0 Å². The average Bonchev–Trinajstić information content (AvgIpc) is 2.38. The quantitative estimate of drug-likeness (QED) is 0.660. The third kappa shape index (κ3) is 3.65. The molecule has 1 N–H and O–H groups in total. The van der Waals surface area contributed by atoms with Crippen molar-refractivity contribution < 1.29 is 4.79 Å². The van der Waals surface area contributed by atoms with Crippen molar-refractivity contribution in [1.29, 1.82) is 0 Å². The summed E-state index contributed by atoms with van der Waals surface area (Å²) >= 11 is 0. The van der Waals surface area contributed by atoms with Gasteiger partial charge in [-0.15, -0.1) is 0 Å². The predicted octanol–water partition coefficient (Wildman–Crippen LogP) is 3.34. The highest BCUT2D eigenvalue weighted by molar-refractivity contribution is 5.99. The molecule has 2 aromatic carbocycles. The van der Waals surface area contributed by atoms with Gasteiger partial charge in [-0.1, -0.05) is 56.3 Å². The molecule has 0 heterocycles. The first-order chi connectivity index (χ1) is 9.16. The Morgan fingerprint density at radius 1 is 1.21 bits per heavy atom. The zero-order valence-corrected chi connectivity index (χ0v) is 11.3. The Labute approximate surface area is 113 Å². The molecule has 0 fully saturated rings. The molecule has 0 saturated heterocycles. The fraction of sp³-hybridized carbons (Fsp3) is 0.250. The number of carbonyl (C=O) groups excluding carboxylic acids is 1. The Morgan fingerprint density at radius 2 is 1.95 bits per heavy atom. The summed E-state index contributed by atoms with van der Waals surface area (Å²) in [6.45, 7) is 4.02. The molecule has 0 bridgehead atoms. The van der Waals surface area contributed by atoms with Crippen LogP contribution >= 0.6 is 0 Å². The van der Waals surface area contributed by atoms with Crippen molar-refractivity contribution in [1.82, 2.24) is 5.43 Å². The van der Waals surface area contributed by atoms with E-state index in [-0.39, 0.29) is 5.91 Å². The van der Waals surface area contributed by atoms with E-state index in [1.165, 1.54) is 5.39 Å². The molecule has 19 heavy (non-hydrogen) atoms. The number of benzene rings is 2. The molecule has 2 aromatic rings. The third-order valence-electron chi connectivity index (χ3n) is 2.81. The largest absolute Gasteiger partial charge is 0.273 e. The van der Waals surface area contributed by atoms with Gasteiger partial charge < -0.3 is 0 Å². The van der Waals surface area contributed by atoms with Gasteiger partial charge >= 0.3 is 0 Å². The summed E-state index contributed by atoms with van der Waals surface area (Å²) in [4.78, 5) is 11.5. The first-order valence-electron chi connectivity index (χ1n) is 6.46. The average molecular weight is 254 g/mol. The zero-order valence-electron chi connectivity index (χ0n) is 11.3. The third-order valence-corrected chi connectivity index (χ3v) is 2.81. The number of hydrazone groups is 1. The summed E-state index contributed by atoms with van der Waals surface area (Å²) < 4.78 is 0. The Balaban J connectivity index is 2.11. The molecule has 0 aliphatic rings. The summed E-state index contributed by atoms with van der Waals surface area (Å²) in [5.74, 6) is 0.291. The van der Waals surface area contributed by atoms with E-state index in [2.05, 4.69) is 22.7 Å². The second kappa shape index (κ2) is 6.14. The van der Waals surface area contributed by atoms with E-state index < -0.39 is 0 Å². The number of nitrogens with zero attached hydrogens (tertiary/aromatic N) is 1. The second-order valence-corrected chi connectivity index (χ2v) is 4.96. The van der Waals surface area contributed by atoms with Crippen LogP contribution < -0.4 is 5.43 Å². The lowest BCUT2D eigenvalue weighted by molar-refractivity contribution is -0.121. The fourth-order valence-corrected chi connectivity index (χ4v) is 1.95. The number of amides is 1. The smallest absolute Gasteiger partial charge is 0.240 e. The number of hydrogen-bond donors (Lipinski definition) is 1. The van der Waals surface area contributed by atoms with Crippen LogP contribution in [0.1, 0.15) is 25.8 Å². The first kappa shape index (κ1) is 13.3. The molecule has 3 heteroatoms. The molecule has 0 unspecified atom stereocenters. The van der Waals surface area contributed by atoms with Crippen molar-refractivity contribution in [3.8, 4) is 0 Å². The van der Waals surface area contributed by atoms with Gasteiger partial charge in [0, 0.05) is 12.0 Å². The zero-order chi connectivity index (χ0) is 13.7. The summed E-state index contributed by atoms with van der Waals surface area (Å²) in [6.07, 6.45) is 2.19. The van der Waals surface area contributed by atoms with E-state index in [0.29, 0.717) is 12.3 Å². The maximum absolute atomic E-state index is 11.5. The molecule has 0 aliphatic heterocycles. The number of nitrogens with one attached hydrogen (secondary N) is 1. The van der Waals surface area contributed by atoms with Gasteiger partial charge in [-0.25, -0.2) is 5.43 Å². The van der Waals surface area contributed by atoms with E-state index in [9.17, 15) is 4.79 Å². The maximum atomic E-state index is 11.5. The van der Waals surface area contributed by atoms with Crippen molar-refractivity contribution in [3.63, 3.8) is 0 Å². The molecular weight excluding hydrogens is 236 g/mol. The minimum Gasteiger partial charge on any atom is -0.273 e. The van der Waals surface area contributed by atoms with E-state index in [1.807, 2.05) is 44.2 Å². The van der Waals surface area contributed by atoms with Gasteiger partial charge in [-0.05, 0) is 16.7 Å². The van der Waals surface area contributed by atoms with Crippen LogP contribution in [0.15, 0.2) is 47.6 Å². The maximum Gasteiger partial charge on any atom is 0.240 e. The van der Waals surface area contributed by atoms with E-state index in [1.54, 1.807) is 6.21 Å². The van der Waals surface area contributed by atoms with Crippen molar-refractivity contribution >= 4 is 22.9 Å². The van der Waals surface area contributed by atoms with Crippen LogP contribution in [-0.2, 0) is 4.79 Å². The summed E-state index contributed by atoms with van der Waals surface area (Å²) in [5.41, 5.74) is 3.56. The van der Waals surface area contributed by atoms with Gasteiger partial charge in [-0.3, -0.25) is 4.79 Å². The van der Waals surface area contributed by atoms with Crippen molar-refractivity contribution in [3.05, 3.63) is 48.0 Å². The van der Waals surface area contributed by atoms with Crippen LogP contribution in [0.4, 0.5) is 0 Å². The SMILES string of the molecule is CC(C)CC(=O)NN=Cc1cccc2ccccc12. The van der Waals surface area contributed by atoms with Crippen LogP contribution in [0.25, 0.3) is 10.8 Å². The Morgan fingerprint density at radius 3 is 2.74 bits per heavy atom. The summed E-state index contributed by atoms with van der Waals surface area (Å²) in [7, 11) is 0. The highest BCUT2D eigenvalue weighted by Crippen LogP contribution is 2.16. The second-order valence-electron chi connectivity index (χ2n) is 4.96. The van der Waals surface area contributed by atoms with Gasteiger partial charge in [0.25, 0.3) is 0 Å². The standard InChI is InChI=1S/C16H18N2O/c1-12(2)10-16(19)18-17-11-14-8-5-7-13-6-3-4-9-15(13)14/h3-9,11-12H,10H2,1-2H3,(H,18,19). The highest BCUT2D eigenvalue weighted by Gasteiger charge is 2.02. The molecule has 0 aromatic heterocycles. The topological polar surface area (TPSA) is 41.5 Å². The Bertz CT molecular complexity index is 597. The number of carbonyl (C=O) groups is 1. The molecule has 3 nitrogen and oxygen atoms in total. The molecule has 98 valence electrons. The predicted molar refractivity (Wildman–Crippen MR) is 79.1 cm³/mol. The van der Waals surface area contributed by atoms with Gasteiger partial charge in [0.2, 0.25) is 5.91 Å². The lowest BCUT2D eigenvalue weighted by Crippen LogP contribution is -2.19. The van der Waals surface area contributed by atoms with Crippen molar-refractivity contribution in [2.24, 2.45) is 11.0 Å². The van der Waals surface area contributed by atoms with Crippen molar-refractivity contribution in [2.45, 2.75) is 20.3 Å². The lowest BCUT2D eigenvalue weighted by Gasteiger charge is -2.03. The molecule has 2 rings (SSSR count). The van der Waals surface area contributed by atoms with Crippen LogP contribution in [-0.4, -0.2) is 12.1 Å². The van der Waals surface area contributed by atoms with Gasteiger partial charge in [0.05, 0.1) is 6.21 Å². The number of hydrogen-bond acceptors (Lipinski definition) is 2. The number of fused-ring (bicyclic) bond motifs is 1. The van der Waals surface area contributed by atoms with Gasteiger partial charge in [0.1, 0.15) is 0 Å². The fourth-order valence-electron chi connectivity index (χ4n) is 1.95. The number of rotatable bonds is 4. The minimum atomic E-state index is -0.0495. The van der Waals surface area contributed by atoms with Gasteiger partial charge in [0.15, 0.2) is 0 Å². The van der Waals surface area contributed by atoms with E-state index in [0.717, 1.165) is 10.9 Å². The summed E-state index contributed by atoms with van der Waals surface area (Å²) in [5, 5.41) is 6.32. The molecule has 1 amide bonds. The normalized spacial score (nSPS) is 11.3.